The number of alkyl halides is 6. The lowest BCUT2D eigenvalue weighted by Gasteiger charge is -2.25. The lowest BCUT2D eigenvalue weighted by molar-refractivity contribution is -0.143. The fraction of sp³-hybridized carbons (Fsp3) is 0.538. The molecule has 0 aromatic heterocycles. The first kappa shape index (κ1) is 15.2. The van der Waals surface area contributed by atoms with Crippen molar-refractivity contribution in [1.82, 2.24) is 5.32 Å². The van der Waals surface area contributed by atoms with Crippen molar-refractivity contribution in [3.05, 3.63) is 34.9 Å². The predicted octanol–water partition coefficient (Wildman–Crippen LogP) is 4.54. The van der Waals surface area contributed by atoms with Gasteiger partial charge in [0.1, 0.15) is 0 Å². The molecule has 1 aromatic carbocycles. The van der Waals surface area contributed by atoms with Gasteiger partial charge >= 0.3 is 12.4 Å². The highest BCUT2D eigenvalue weighted by molar-refractivity contribution is 5.35. The van der Waals surface area contributed by atoms with Crippen molar-refractivity contribution in [2.45, 2.75) is 37.7 Å². The number of piperidine rings is 1. The van der Waals surface area contributed by atoms with Gasteiger partial charge < -0.3 is 5.32 Å². The molecule has 1 fully saturated rings. The van der Waals surface area contributed by atoms with Crippen LogP contribution in [0.4, 0.5) is 26.3 Å². The van der Waals surface area contributed by atoms with E-state index in [9.17, 15) is 26.3 Å². The van der Waals surface area contributed by atoms with Gasteiger partial charge in [-0.15, -0.1) is 0 Å². The van der Waals surface area contributed by atoms with Gasteiger partial charge in [0.2, 0.25) is 0 Å². The van der Waals surface area contributed by atoms with Gasteiger partial charge in [-0.1, -0.05) is 6.42 Å². The maximum Gasteiger partial charge on any atom is 0.416 e. The van der Waals surface area contributed by atoms with Crippen molar-refractivity contribution in [2.75, 3.05) is 6.54 Å². The fourth-order valence-corrected chi connectivity index (χ4v) is 2.32. The van der Waals surface area contributed by atoms with Crippen LogP contribution in [0.25, 0.3) is 0 Å². The van der Waals surface area contributed by atoms with Gasteiger partial charge in [0.15, 0.2) is 0 Å². The number of hydrogen-bond acceptors (Lipinski definition) is 1. The topological polar surface area (TPSA) is 12.0 Å². The van der Waals surface area contributed by atoms with Gasteiger partial charge in [0.05, 0.1) is 11.1 Å². The van der Waals surface area contributed by atoms with E-state index in [1.54, 1.807) is 0 Å². The molecule has 0 spiro atoms. The minimum Gasteiger partial charge on any atom is -0.310 e. The summed E-state index contributed by atoms with van der Waals surface area (Å²) in [6.07, 6.45) is -7.37. The van der Waals surface area contributed by atoms with Crippen molar-refractivity contribution in [2.24, 2.45) is 0 Å². The van der Waals surface area contributed by atoms with Crippen molar-refractivity contribution in [1.29, 1.82) is 0 Å². The van der Waals surface area contributed by atoms with Crippen molar-refractivity contribution < 1.29 is 26.3 Å². The first-order valence-corrected chi connectivity index (χ1v) is 6.21. The molecule has 1 atom stereocenters. The van der Waals surface area contributed by atoms with Crippen LogP contribution in [0, 0.1) is 0 Å². The normalized spacial score (nSPS) is 21.0. The van der Waals surface area contributed by atoms with Crippen LogP contribution in [0.1, 0.15) is 42.0 Å². The van der Waals surface area contributed by atoms with E-state index in [4.69, 9.17) is 0 Å². The number of nitrogens with one attached hydrogen (secondary N) is 1. The molecule has 1 saturated heterocycles. The molecule has 1 aliphatic rings. The summed E-state index contributed by atoms with van der Waals surface area (Å²) < 4.78 is 76.3. The second-order valence-electron chi connectivity index (χ2n) is 4.84. The van der Waals surface area contributed by atoms with E-state index in [0.717, 1.165) is 25.0 Å². The van der Waals surface area contributed by atoms with Crippen LogP contribution in [0.5, 0.6) is 0 Å². The highest BCUT2D eigenvalue weighted by Crippen LogP contribution is 2.38. The van der Waals surface area contributed by atoms with Crippen LogP contribution in [0.2, 0.25) is 0 Å². The molecular formula is C13H13F6N. The molecule has 0 saturated carbocycles. The number of hydrogen-bond donors (Lipinski definition) is 1. The maximum absolute atomic E-state index is 12.7. The molecule has 1 heterocycles. The molecule has 20 heavy (non-hydrogen) atoms. The van der Waals surface area contributed by atoms with Gasteiger partial charge in [0.25, 0.3) is 0 Å². The third kappa shape index (κ3) is 3.45. The molecule has 112 valence electrons. The van der Waals surface area contributed by atoms with Gasteiger partial charge in [0, 0.05) is 6.04 Å². The summed E-state index contributed by atoms with van der Waals surface area (Å²) in [5.41, 5.74) is -2.46. The zero-order chi connectivity index (χ0) is 15.0. The molecule has 0 radical (unpaired) electrons. The van der Waals surface area contributed by atoms with Crippen molar-refractivity contribution in [3.8, 4) is 0 Å². The Balaban J connectivity index is 2.45. The Morgan fingerprint density at radius 2 is 1.40 bits per heavy atom. The molecule has 1 unspecified atom stereocenters. The van der Waals surface area contributed by atoms with E-state index >= 15 is 0 Å². The average Bonchev–Trinajstić information content (AvgIpc) is 2.37. The summed E-state index contributed by atoms with van der Waals surface area (Å²) >= 11 is 0. The van der Waals surface area contributed by atoms with Gasteiger partial charge in [-0.05, 0) is 43.1 Å². The maximum atomic E-state index is 12.7. The van der Waals surface area contributed by atoms with Gasteiger partial charge in [-0.25, -0.2) is 0 Å². The van der Waals surface area contributed by atoms with Crippen LogP contribution in [0.15, 0.2) is 18.2 Å². The summed E-state index contributed by atoms with van der Waals surface area (Å²) in [6.45, 7) is 0.599. The number of benzene rings is 1. The first-order chi connectivity index (χ1) is 9.18. The molecule has 1 nitrogen and oxygen atoms in total. The minimum absolute atomic E-state index is 0.0480. The second kappa shape index (κ2) is 5.27. The minimum atomic E-state index is -4.79. The Morgan fingerprint density at radius 1 is 0.850 bits per heavy atom. The first-order valence-electron chi connectivity index (χ1n) is 6.21. The van der Waals surface area contributed by atoms with Crippen LogP contribution in [0.3, 0.4) is 0 Å². The van der Waals surface area contributed by atoms with E-state index < -0.39 is 29.5 Å². The molecule has 0 aliphatic carbocycles. The fourth-order valence-electron chi connectivity index (χ4n) is 2.32. The average molecular weight is 297 g/mol. The Kier molecular flexibility index (Phi) is 4.00. The van der Waals surface area contributed by atoms with E-state index in [1.165, 1.54) is 0 Å². The monoisotopic (exact) mass is 297 g/mol. The largest absolute Gasteiger partial charge is 0.416 e. The molecule has 1 N–H and O–H groups in total. The standard InChI is InChI=1S/C13H13F6N/c14-12(15,16)9-5-8(11-3-1-2-4-20-11)6-10(7-9)13(17,18)19/h5-7,11,20H,1-4H2. The Bertz CT molecular complexity index is 438. The molecule has 1 aliphatic heterocycles. The lowest BCUT2D eigenvalue weighted by Crippen LogP contribution is -2.27. The quantitative estimate of drug-likeness (QED) is 0.750. The van der Waals surface area contributed by atoms with Crippen LogP contribution in [-0.2, 0) is 12.4 Å². The van der Waals surface area contributed by atoms with E-state index in [-0.39, 0.29) is 11.6 Å². The summed E-state index contributed by atoms with van der Waals surface area (Å²) in [5, 5.41) is 2.96. The van der Waals surface area contributed by atoms with E-state index in [0.29, 0.717) is 13.0 Å². The third-order valence-corrected chi connectivity index (χ3v) is 3.32. The third-order valence-electron chi connectivity index (χ3n) is 3.32. The molecular weight excluding hydrogens is 284 g/mol. The zero-order valence-electron chi connectivity index (χ0n) is 10.4. The number of rotatable bonds is 1. The summed E-state index contributed by atoms with van der Waals surface area (Å²) in [7, 11) is 0. The summed E-state index contributed by atoms with van der Waals surface area (Å²) in [5.74, 6) is 0. The molecule has 1 aromatic rings. The van der Waals surface area contributed by atoms with Crippen LogP contribution >= 0.6 is 0 Å². The van der Waals surface area contributed by atoms with Gasteiger partial charge in [-0.3, -0.25) is 0 Å². The van der Waals surface area contributed by atoms with Crippen molar-refractivity contribution >= 4 is 0 Å². The SMILES string of the molecule is FC(F)(F)c1cc(C2CCCCN2)cc(C(F)(F)F)c1. The zero-order valence-corrected chi connectivity index (χ0v) is 10.4. The second-order valence-corrected chi connectivity index (χ2v) is 4.84. The van der Waals surface area contributed by atoms with Gasteiger partial charge in [-0.2, -0.15) is 26.3 Å². The number of halogens is 6. The van der Waals surface area contributed by atoms with Crippen molar-refractivity contribution in [3.63, 3.8) is 0 Å². The Hall–Kier alpha value is -1.24. The predicted molar refractivity (Wildman–Crippen MR) is 61.0 cm³/mol. The van der Waals surface area contributed by atoms with Crippen LogP contribution < -0.4 is 5.32 Å². The smallest absolute Gasteiger partial charge is 0.310 e. The lowest BCUT2D eigenvalue weighted by atomic mass is 9.94. The highest BCUT2D eigenvalue weighted by atomic mass is 19.4. The van der Waals surface area contributed by atoms with E-state index in [1.807, 2.05) is 0 Å². The van der Waals surface area contributed by atoms with Crippen LogP contribution in [-0.4, -0.2) is 6.54 Å². The Labute approximate surface area is 112 Å². The van der Waals surface area contributed by atoms with E-state index in [2.05, 4.69) is 5.32 Å². The Morgan fingerprint density at radius 3 is 1.80 bits per heavy atom. The summed E-state index contributed by atoms with van der Waals surface area (Å²) in [6, 6.07) is 1.31. The molecule has 0 bridgehead atoms. The molecule has 2 rings (SSSR count). The molecule has 0 amide bonds. The molecule has 7 heteroatoms. The summed E-state index contributed by atoms with van der Waals surface area (Å²) in [4.78, 5) is 0. The highest BCUT2D eigenvalue weighted by Gasteiger charge is 2.37.